The Kier molecular flexibility index (Phi) is 2.49. The van der Waals surface area contributed by atoms with Crippen LogP contribution in [0.2, 0.25) is 0 Å². The van der Waals surface area contributed by atoms with E-state index in [1.807, 2.05) is 28.8 Å². The van der Waals surface area contributed by atoms with Crippen LogP contribution in [0.4, 0.5) is 4.79 Å². The summed E-state index contributed by atoms with van der Waals surface area (Å²) in [5.41, 5.74) is 0.754. The van der Waals surface area contributed by atoms with Gasteiger partial charge >= 0.3 is 6.03 Å². The molecule has 0 unspecified atom stereocenters. The molecule has 3 heterocycles. The molecule has 0 spiro atoms. The van der Waals surface area contributed by atoms with Crippen molar-refractivity contribution in [2.75, 3.05) is 0 Å². The topological polar surface area (TPSA) is 77.1 Å². The number of hydrogen-bond acceptors (Lipinski definition) is 4. The van der Waals surface area contributed by atoms with E-state index >= 15 is 0 Å². The molecule has 1 amide bonds. The largest absolute Gasteiger partial charge is 0.330 e. The van der Waals surface area contributed by atoms with Gasteiger partial charge in [-0.25, -0.2) is 9.78 Å². The summed E-state index contributed by atoms with van der Waals surface area (Å²) in [6, 6.07) is 5.38. The lowest BCUT2D eigenvalue weighted by molar-refractivity contribution is 0.241. The SMILES string of the molecule is O=C(NCc1nnc2ccccn12)n1ccnc1. The van der Waals surface area contributed by atoms with Crippen LogP contribution in [-0.2, 0) is 6.54 Å². The Morgan fingerprint density at radius 1 is 1.28 bits per heavy atom. The maximum absolute atomic E-state index is 11.7. The molecule has 0 bridgehead atoms. The summed E-state index contributed by atoms with van der Waals surface area (Å²) >= 11 is 0. The van der Waals surface area contributed by atoms with Crippen molar-refractivity contribution < 1.29 is 4.79 Å². The van der Waals surface area contributed by atoms with Gasteiger partial charge in [-0.2, -0.15) is 0 Å². The van der Waals surface area contributed by atoms with E-state index in [9.17, 15) is 4.79 Å². The molecule has 3 aromatic rings. The first kappa shape index (κ1) is 10.5. The van der Waals surface area contributed by atoms with Crippen LogP contribution in [0.25, 0.3) is 5.65 Å². The lowest BCUT2D eigenvalue weighted by Gasteiger charge is -2.03. The van der Waals surface area contributed by atoms with E-state index in [-0.39, 0.29) is 6.03 Å². The molecule has 1 N–H and O–H groups in total. The van der Waals surface area contributed by atoms with E-state index < -0.39 is 0 Å². The van der Waals surface area contributed by atoms with Gasteiger partial charge in [-0.3, -0.25) is 8.97 Å². The molecule has 0 fully saturated rings. The third-order valence-corrected chi connectivity index (χ3v) is 2.52. The molecule has 7 heteroatoms. The zero-order valence-electron chi connectivity index (χ0n) is 9.39. The molecule has 0 saturated carbocycles. The van der Waals surface area contributed by atoms with Crippen molar-refractivity contribution in [3.8, 4) is 0 Å². The molecule has 90 valence electrons. The maximum atomic E-state index is 11.7. The van der Waals surface area contributed by atoms with Crippen LogP contribution in [-0.4, -0.2) is 30.2 Å². The van der Waals surface area contributed by atoms with Crippen LogP contribution in [0.1, 0.15) is 5.82 Å². The Labute approximate surface area is 102 Å². The molecule has 0 radical (unpaired) electrons. The number of aromatic nitrogens is 5. The second kappa shape index (κ2) is 4.28. The summed E-state index contributed by atoms with van der Waals surface area (Å²) in [5.74, 6) is 0.680. The number of nitrogens with one attached hydrogen (secondary N) is 1. The second-order valence-electron chi connectivity index (χ2n) is 3.67. The number of pyridine rings is 1. The van der Waals surface area contributed by atoms with Crippen LogP contribution in [0.15, 0.2) is 43.1 Å². The van der Waals surface area contributed by atoms with Crippen LogP contribution >= 0.6 is 0 Å². The van der Waals surface area contributed by atoms with Gasteiger partial charge in [0.05, 0.1) is 6.54 Å². The molecule has 3 rings (SSSR count). The summed E-state index contributed by atoms with van der Waals surface area (Å²) in [7, 11) is 0. The zero-order valence-corrected chi connectivity index (χ0v) is 9.39. The molecular formula is C11H10N6O. The number of hydrogen-bond donors (Lipinski definition) is 1. The third-order valence-electron chi connectivity index (χ3n) is 2.52. The first-order chi connectivity index (χ1) is 8.84. The first-order valence-electron chi connectivity index (χ1n) is 5.39. The summed E-state index contributed by atoms with van der Waals surface area (Å²) in [6.45, 7) is 0.308. The van der Waals surface area contributed by atoms with E-state index in [4.69, 9.17) is 0 Å². The van der Waals surface area contributed by atoms with E-state index in [1.54, 1.807) is 12.4 Å². The fourth-order valence-corrected chi connectivity index (χ4v) is 1.64. The Morgan fingerprint density at radius 2 is 2.22 bits per heavy atom. The summed E-state index contributed by atoms with van der Waals surface area (Å²) in [6.07, 6.45) is 6.43. The van der Waals surface area contributed by atoms with E-state index in [0.717, 1.165) is 5.65 Å². The highest BCUT2D eigenvalue weighted by Crippen LogP contribution is 2.02. The van der Waals surface area contributed by atoms with Gasteiger partial charge in [0.25, 0.3) is 0 Å². The highest BCUT2D eigenvalue weighted by atomic mass is 16.2. The van der Waals surface area contributed by atoms with E-state index in [1.165, 1.54) is 10.9 Å². The number of fused-ring (bicyclic) bond motifs is 1. The quantitative estimate of drug-likeness (QED) is 0.717. The highest BCUT2D eigenvalue weighted by Gasteiger charge is 2.07. The molecule has 0 aliphatic rings. The molecular weight excluding hydrogens is 232 g/mol. The normalized spacial score (nSPS) is 10.7. The van der Waals surface area contributed by atoms with E-state index in [0.29, 0.717) is 12.4 Å². The molecule has 0 aliphatic carbocycles. The van der Waals surface area contributed by atoms with Crippen LogP contribution < -0.4 is 5.32 Å². The van der Waals surface area contributed by atoms with Crippen molar-refractivity contribution >= 4 is 11.7 Å². The fourth-order valence-electron chi connectivity index (χ4n) is 1.64. The second-order valence-corrected chi connectivity index (χ2v) is 3.67. The summed E-state index contributed by atoms with van der Waals surface area (Å²) in [4.78, 5) is 15.5. The molecule has 0 aromatic carbocycles. The number of imidazole rings is 1. The molecule has 0 saturated heterocycles. The Hall–Kier alpha value is -2.70. The Balaban J connectivity index is 1.76. The average Bonchev–Trinajstić information content (AvgIpc) is 3.06. The fraction of sp³-hybridized carbons (Fsp3) is 0.0909. The Morgan fingerprint density at radius 3 is 3.06 bits per heavy atom. The van der Waals surface area contributed by atoms with Gasteiger partial charge in [0.15, 0.2) is 11.5 Å². The number of carbonyl (C=O) groups excluding carboxylic acids is 1. The van der Waals surface area contributed by atoms with Crippen molar-refractivity contribution in [3.63, 3.8) is 0 Å². The minimum absolute atomic E-state index is 0.250. The lowest BCUT2D eigenvalue weighted by atomic mass is 10.4. The first-order valence-corrected chi connectivity index (χ1v) is 5.39. The van der Waals surface area contributed by atoms with Gasteiger partial charge in [-0.05, 0) is 12.1 Å². The number of nitrogens with zero attached hydrogens (tertiary/aromatic N) is 5. The zero-order chi connectivity index (χ0) is 12.4. The van der Waals surface area contributed by atoms with Crippen LogP contribution in [0.5, 0.6) is 0 Å². The minimum atomic E-state index is -0.250. The third kappa shape index (κ3) is 1.81. The van der Waals surface area contributed by atoms with Crippen molar-refractivity contribution in [3.05, 3.63) is 48.9 Å². The van der Waals surface area contributed by atoms with Crippen LogP contribution in [0, 0.1) is 0 Å². The Bertz CT molecular complexity index is 672. The smallest absolute Gasteiger partial charge is 0.327 e. The molecule has 18 heavy (non-hydrogen) atoms. The number of amides is 1. The monoisotopic (exact) mass is 242 g/mol. The number of rotatable bonds is 2. The summed E-state index contributed by atoms with van der Waals surface area (Å²) < 4.78 is 3.19. The van der Waals surface area contributed by atoms with Gasteiger partial charge in [0.2, 0.25) is 0 Å². The minimum Gasteiger partial charge on any atom is -0.330 e. The lowest BCUT2D eigenvalue weighted by Crippen LogP contribution is -2.27. The molecule has 0 atom stereocenters. The maximum Gasteiger partial charge on any atom is 0.327 e. The molecule has 0 aliphatic heterocycles. The molecule has 3 aromatic heterocycles. The predicted octanol–water partition coefficient (Wildman–Crippen LogP) is 0.684. The van der Waals surface area contributed by atoms with Crippen molar-refractivity contribution in [2.45, 2.75) is 6.54 Å². The highest BCUT2D eigenvalue weighted by molar-refractivity contribution is 5.76. The average molecular weight is 242 g/mol. The van der Waals surface area contributed by atoms with E-state index in [2.05, 4.69) is 20.5 Å². The van der Waals surface area contributed by atoms with Gasteiger partial charge < -0.3 is 5.32 Å². The van der Waals surface area contributed by atoms with Crippen molar-refractivity contribution in [1.29, 1.82) is 0 Å². The van der Waals surface area contributed by atoms with Gasteiger partial charge in [-0.15, -0.1) is 10.2 Å². The predicted molar refractivity (Wildman–Crippen MR) is 62.8 cm³/mol. The van der Waals surface area contributed by atoms with Gasteiger partial charge in [0, 0.05) is 18.6 Å². The van der Waals surface area contributed by atoms with Crippen molar-refractivity contribution in [1.82, 2.24) is 29.5 Å². The van der Waals surface area contributed by atoms with Crippen LogP contribution in [0.3, 0.4) is 0 Å². The molecule has 7 nitrogen and oxygen atoms in total. The number of carbonyl (C=O) groups is 1. The van der Waals surface area contributed by atoms with Crippen molar-refractivity contribution in [2.24, 2.45) is 0 Å². The van der Waals surface area contributed by atoms with Gasteiger partial charge in [-0.1, -0.05) is 6.07 Å². The van der Waals surface area contributed by atoms with Gasteiger partial charge in [0.1, 0.15) is 6.33 Å². The standard InChI is InChI=1S/C11H10N6O/c18-11(16-6-4-12-8-16)13-7-10-15-14-9-3-1-2-5-17(9)10/h1-6,8H,7H2,(H,13,18). The summed E-state index contributed by atoms with van der Waals surface area (Å²) in [5, 5.41) is 10.8.